The van der Waals surface area contributed by atoms with Crippen molar-refractivity contribution in [1.29, 1.82) is 0 Å². The SMILES string of the molecule is NCCc1nccn1-c1cccc2nccn12. The van der Waals surface area contributed by atoms with Gasteiger partial charge in [-0.1, -0.05) is 6.07 Å². The zero-order valence-electron chi connectivity index (χ0n) is 9.32. The lowest BCUT2D eigenvalue weighted by atomic mass is 10.4. The summed E-state index contributed by atoms with van der Waals surface area (Å²) in [5, 5.41) is 0. The molecular weight excluding hydrogens is 214 g/mol. The molecule has 3 aromatic rings. The van der Waals surface area contributed by atoms with Gasteiger partial charge in [-0.15, -0.1) is 0 Å². The van der Waals surface area contributed by atoms with Crippen molar-refractivity contribution in [3.8, 4) is 5.82 Å². The van der Waals surface area contributed by atoms with Crippen molar-refractivity contribution in [2.45, 2.75) is 6.42 Å². The molecule has 2 N–H and O–H groups in total. The number of hydrogen-bond acceptors (Lipinski definition) is 3. The van der Waals surface area contributed by atoms with Crippen LogP contribution in [0.4, 0.5) is 0 Å². The van der Waals surface area contributed by atoms with Crippen LogP contribution in [-0.2, 0) is 6.42 Å². The molecule has 0 saturated carbocycles. The molecule has 0 fully saturated rings. The summed E-state index contributed by atoms with van der Waals surface area (Å²) in [6, 6.07) is 6.00. The summed E-state index contributed by atoms with van der Waals surface area (Å²) in [5.74, 6) is 2.00. The van der Waals surface area contributed by atoms with E-state index in [-0.39, 0.29) is 0 Å². The van der Waals surface area contributed by atoms with E-state index >= 15 is 0 Å². The Hall–Kier alpha value is -2.14. The van der Waals surface area contributed by atoms with Crippen LogP contribution in [0.25, 0.3) is 11.5 Å². The Kier molecular flexibility index (Phi) is 2.38. The maximum absolute atomic E-state index is 5.59. The number of fused-ring (bicyclic) bond motifs is 1. The van der Waals surface area contributed by atoms with E-state index in [1.165, 1.54) is 0 Å². The summed E-state index contributed by atoms with van der Waals surface area (Å²) in [6.45, 7) is 0.594. The Morgan fingerprint density at radius 2 is 2.00 bits per heavy atom. The van der Waals surface area contributed by atoms with Gasteiger partial charge in [0.2, 0.25) is 0 Å². The highest BCUT2D eigenvalue weighted by Crippen LogP contribution is 2.13. The van der Waals surface area contributed by atoms with Gasteiger partial charge >= 0.3 is 0 Å². The molecule has 5 heteroatoms. The first-order valence-corrected chi connectivity index (χ1v) is 5.55. The third kappa shape index (κ3) is 1.60. The van der Waals surface area contributed by atoms with Gasteiger partial charge in [0.25, 0.3) is 0 Å². The second-order valence-corrected chi connectivity index (χ2v) is 3.79. The second kappa shape index (κ2) is 4.03. The van der Waals surface area contributed by atoms with Crippen LogP contribution in [0.5, 0.6) is 0 Å². The molecule has 0 saturated heterocycles. The summed E-state index contributed by atoms with van der Waals surface area (Å²) in [6.07, 6.45) is 8.23. The van der Waals surface area contributed by atoms with Crippen LogP contribution in [-0.4, -0.2) is 25.5 Å². The van der Waals surface area contributed by atoms with E-state index in [1.54, 1.807) is 12.4 Å². The quantitative estimate of drug-likeness (QED) is 0.726. The van der Waals surface area contributed by atoms with Gasteiger partial charge < -0.3 is 5.73 Å². The molecule has 86 valence electrons. The van der Waals surface area contributed by atoms with Crippen LogP contribution in [0, 0.1) is 0 Å². The fraction of sp³-hybridized carbons (Fsp3) is 0.167. The molecule has 0 aromatic carbocycles. The molecule has 0 aliphatic rings. The van der Waals surface area contributed by atoms with E-state index in [2.05, 4.69) is 9.97 Å². The standard InChI is InChI=1S/C12H13N5/c13-5-4-11-15-7-9-17(11)12-3-1-2-10-14-6-8-16(10)12/h1-3,6-9H,4-5,13H2. The average molecular weight is 227 g/mol. The predicted octanol–water partition coefficient (Wildman–Crippen LogP) is 1.02. The molecule has 3 aromatic heterocycles. The molecule has 5 nitrogen and oxygen atoms in total. The lowest BCUT2D eigenvalue weighted by Gasteiger charge is -2.09. The minimum Gasteiger partial charge on any atom is -0.330 e. The van der Waals surface area contributed by atoms with Crippen LogP contribution >= 0.6 is 0 Å². The summed E-state index contributed by atoms with van der Waals surface area (Å²) in [4.78, 5) is 8.59. The lowest BCUT2D eigenvalue weighted by Crippen LogP contribution is -2.10. The summed E-state index contributed by atoms with van der Waals surface area (Å²) >= 11 is 0. The van der Waals surface area contributed by atoms with Crippen molar-refractivity contribution in [3.05, 3.63) is 48.8 Å². The van der Waals surface area contributed by atoms with Gasteiger partial charge in [0, 0.05) is 31.2 Å². The monoisotopic (exact) mass is 227 g/mol. The van der Waals surface area contributed by atoms with Gasteiger partial charge in [0.15, 0.2) is 0 Å². The molecule has 0 aliphatic carbocycles. The Morgan fingerprint density at radius 3 is 2.88 bits per heavy atom. The van der Waals surface area contributed by atoms with E-state index in [0.29, 0.717) is 6.54 Å². The molecule has 0 amide bonds. The topological polar surface area (TPSA) is 61.1 Å². The van der Waals surface area contributed by atoms with Gasteiger partial charge in [0.1, 0.15) is 17.3 Å². The number of aromatic nitrogens is 4. The predicted molar refractivity (Wildman–Crippen MR) is 65.1 cm³/mol. The van der Waals surface area contributed by atoms with Crippen LogP contribution in [0.1, 0.15) is 5.82 Å². The van der Waals surface area contributed by atoms with E-state index < -0.39 is 0 Å². The fourth-order valence-electron chi connectivity index (χ4n) is 1.99. The number of pyridine rings is 1. The highest BCUT2D eigenvalue weighted by atomic mass is 15.2. The number of imidazole rings is 2. The summed E-state index contributed by atoms with van der Waals surface area (Å²) in [7, 11) is 0. The first kappa shape index (κ1) is 10.0. The van der Waals surface area contributed by atoms with Crippen LogP contribution in [0.15, 0.2) is 43.0 Å². The molecule has 17 heavy (non-hydrogen) atoms. The molecule has 3 heterocycles. The van der Waals surface area contributed by atoms with Crippen molar-refractivity contribution in [1.82, 2.24) is 18.9 Å². The third-order valence-electron chi connectivity index (χ3n) is 2.74. The van der Waals surface area contributed by atoms with Crippen LogP contribution < -0.4 is 5.73 Å². The summed E-state index contributed by atoms with van der Waals surface area (Å²) < 4.78 is 4.07. The van der Waals surface area contributed by atoms with Gasteiger partial charge in [0.05, 0.1) is 0 Å². The van der Waals surface area contributed by atoms with Crippen molar-refractivity contribution < 1.29 is 0 Å². The fourth-order valence-corrected chi connectivity index (χ4v) is 1.99. The van der Waals surface area contributed by atoms with E-state index in [0.717, 1.165) is 23.7 Å². The minimum absolute atomic E-state index is 0.594. The zero-order valence-corrected chi connectivity index (χ0v) is 9.32. The second-order valence-electron chi connectivity index (χ2n) is 3.79. The smallest absolute Gasteiger partial charge is 0.138 e. The van der Waals surface area contributed by atoms with Crippen molar-refractivity contribution >= 4 is 5.65 Å². The largest absolute Gasteiger partial charge is 0.330 e. The highest BCUT2D eigenvalue weighted by Gasteiger charge is 2.07. The number of nitrogens with two attached hydrogens (primary N) is 1. The van der Waals surface area contributed by atoms with Gasteiger partial charge in [-0.25, -0.2) is 9.97 Å². The maximum atomic E-state index is 5.59. The van der Waals surface area contributed by atoms with Crippen molar-refractivity contribution in [2.75, 3.05) is 6.54 Å². The molecule has 0 aliphatic heterocycles. The molecule has 0 atom stereocenters. The minimum atomic E-state index is 0.594. The zero-order chi connectivity index (χ0) is 11.7. The van der Waals surface area contributed by atoms with Crippen molar-refractivity contribution in [2.24, 2.45) is 5.73 Å². The molecule has 0 unspecified atom stereocenters. The normalized spacial score (nSPS) is 11.1. The third-order valence-corrected chi connectivity index (χ3v) is 2.74. The Balaban J connectivity index is 2.20. The Bertz CT molecular complexity index is 637. The molecule has 3 rings (SSSR count). The maximum Gasteiger partial charge on any atom is 0.138 e. The highest BCUT2D eigenvalue weighted by molar-refractivity contribution is 5.45. The van der Waals surface area contributed by atoms with Crippen LogP contribution in [0.3, 0.4) is 0 Å². The lowest BCUT2D eigenvalue weighted by molar-refractivity contribution is 0.815. The van der Waals surface area contributed by atoms with Gasteiger partial charge in [-0.05, 0) is 18.7 Å². The van der Waals surface area contributed by atoms with E-state index in [9.17, 15) is 0 Å². The number of nitrogens with zero attached hydrogens (tertiary/aromatic N) is 4. The molecule has 0 spiro atoms. The summed E-state index contributed by atoms with van der Waals surface area (Å²) in [5.41, 5.74) is 6.51. The molecule has 0 radical (unpaired) electrons. The Labute approximate surface area is 98.5 Å². The first-order chi connectivity index (χ1) is 8.40. The van der Waals surface area contributed by atoms with Crippen molar-refractivity contribution in [3.63, 3.8) is 0 Å². The van der Waals surface area contributed by atoms with Gasteiger partial charge in [-0.2, -0.15) is 0 Å². The number of rotatable bonds is 3. The van der Waals surface area contributed by atoms with E-state index in [1.807, 2.05) is 39.6 Å². The molecule has 0 bridgehead atoms. The van der Waals surface area contributed by atoms with E-state index in [4.69, 9.17) is 5.73 Å². The van der Waals surface area contributed by atoms with Crippen LogP contribution in [0.2, 0.25) is 0 Å². The first-order valence-electron chi connectivity index (χ1n) is 5.55. The van der Waals surface area contributed by atoms with Gasteiger partial charge in [-0.3, -0.25) is 8.97 Å². The molecular formula is C12H13N5. The number of hydrogen-bond donors (Lipinski definition) is 1. The average Bonchev–Trinajstić information content (AvgIpc) is 2.96. The Morgan fingerprint density at radius 1 is 1.12 bits per heavy atom.